The lowest BCUT2D eigenvalue weighted by Gasteiger charge is -2.43. The molecular formula is C29H29Cl4NO2. The zero-order valence-corrected chi connectivity index (χ0v) is 23.0. The number of carbonyl (C=O) groups excluding carboxylic acids is 1. The minimum atomic E-state index is -0.595. The first kappa shape index (κ1) is 27.3. The van der Waals surface area contributed by atoms with Crippen molar-refractivity contribution in [1.82, 2.24) is 4.90 Å². The minimum absolute atomic E-state index is 0.101. The van der Waals surface area contributed by atoms with Crippen molar-refractivity contribution < 1.29 is 9.90 Å². The second-order valence-corrected chi connectivity index (χ2v) is 11.4. The third-order valence-electron chi connectivity index (χ3n) is 6.96. The summed E-state index contributed by atoms with van der Waals surface area (Å²) < 4.78 is 0. The highest BCUT2D eigenvalue weighted by Gasteiger charge is 2.38. The van der Waals surface area contributed by atoms with Gasteiger partial charge >= 0.3 is 0 Å². The lowest BCUT2D eigenvalue weighted by Crippen LogP contribution is -2.53. The van der Waals surface area contributed by atoms with Crippen molar-refractivity contribution in [3.05, 3.63) is 104 Å². The van der Waals surface area contributed by atoms with Gasteiger partial charge in [-0.2, -0.15) is 0 Å². The second-order valence-electron chi connectivity index (χ2n) is 9.75. The summed E-state index contributed by atoms with van der Waals surface area (Å²) in [6.07, 6.45) is 1.26. The molecule has 1 N–H and O–H groups in total. The molecule has 1 aliphatic rings. The van der Waals surface area contributed by atoms with Crippen LogP contribution in [0.3, 0.4) is 0 Å². The predicted molar refractivity (Wildman–Crippen MR) is 149 cm³/mol. The molecular weight excluding hydrogens is 536 g/mol. The molecule has 4 rings (SSSR count). The number of piperidine rings is 1. The molecule has 1 saturated heterocycles. The van der Waals surface area contributed by atoms with Gasteiger partial charge in [-0.25, -0.2) is 0 Å². The van der Waals surface area contributed by atoms with Crippen LogP contribution in [0, 0.1) is 17.8 Å². The maximum absolute atomic E-state index is 13.6. The van der Waals surface area contributed by atoms with Crippen LogP contribution in [0.4, 0.5) is 0 Å². The Morgan fingerprint density at radius 1 is 0.806 bits per heavy atom. The predicted octanol–water partition coefficient (Wildman–Crippen LogP) is 7.40. The summed E-state index contributed by atoms with van der Waals surface area (Å²) in [5.74, 6) is -0.351. The third kappa shape index (κ3) is 6.76. The number of halogens is 4. The Morgan fingerprint density at radius 2 is 1.31 bits per heavy atom. The third-order valence-corrected chi connectivity index (χ3v) is 8.44. The van der Waals surface area contributed by atoms with Crippen molar-refractivity contribution >= 4 is 52.3 Å². The SMILES string of the molecule is C[C@H](Cc1ccccc1)C(=O)N1CC(Cc2ccc(Cl)c(Cl)c2)C(O)C(Cc2ccc(Cl)c(Cl)c2)C1. The zero-order valence-electron chi connectivity index (χ0n) is 20.0. The van der Waals surface area contributed by atoms with Gasteiger partial charge in [0.25, 0.3) is 0 Å². The Hall–Kier alpha value is -1.75. The zero-order chi connectivity index (χ0) is 25.8. The fourth-order valence-electron chi connectivity index (χ4n) is 5.10. The molecule has 0 bridgehead atoms. The average Bonchev–Trinajstić information content (AvgIpc) is 2.86. The number of benzene rings is 3. The first-order valence-corrected chi connectivity index (χ1v) is 13.6. The molecule has 3 aromatic carbocycles. The summed E-state index contributed by atoms with van der Waals surface area (Å²) in [6.45, 7) is 2.94. The molecule has 2 unspecified atom stereocenters. The highest BCUT2D eigenvalue weighted by atomic mass is 35.5. The number of rotatable bonds is 7. The summed E-state index contributed by atoms with van der Waals surface area (Å²) >= 11 is 24.7. The highest BCUT2D eigenvalue weighted by Crippen LogP contribution is 2.32. The van der Waals surface area contributed by atoms with Crippen molar-refractivity contribution in [1.29, 1.82) is 0 Å². The number of aliphatic hydroxyl groups is 1. The fourth-order valence-corrected chi connectivity index (χ4v) is 5.74. The van der Waals surface area contributed by atoms with Crippen LogP contribution in [0.2, 0.25) is 20.1 Å². The normalized spacial score (nSPS) is 20.8. The van der Waals surface area contributed by atoms with E-state index in [1.165, 1.54) is 0 Å². The molecule has 1 fully saturated rings. The summed E-state index contributed by atoms with van der Waals surface area (Å²) in [6, 6.07) is 21.1. The number of nitrogens with zero attached hydrogens (tertiary/aromatic N) is 1. The fraction of sp³-hybridized carbons (Fsp3) is 0.345. The molecule has 3 atom stereocenters. The average molecular weight is 565 g/mol. The van der Waals surface area contributed by atoms with Crippen LogP contribution in [0.25, 0.3) is 0 Å². The topological polar surface area (TPSA) is 40.5 Å². The van der Waals surface area contributed by atoms with Gasteiger partial charge in [-0.3, -0.25) is 4.79 Å². The number of carbonyl (C=O) groups is 1. The van der Waals surface area contributed by atoms with Crippen molar-refractivity contribution in [3.8, 4) is 0 Å². The van der Waals surface area contributed by atoms with Gasteiger partial charge in [-0.1, -0.05) is 95.8 Å². The van der Waals surface area contributed by atoms with E-state index < -0.39 is 6.10 Å². The first-order chi connectivity index (χ1) is 17.2. The Morgan fingerprint density at radius 3 is 1.78 bits per heavy atom. The van der Waals surface area contributed by atoms with Gasteiger partial charge in [-0.05, 0) is 60.2 Å². The van der Waals surface area contributed by atoms with E-state index in [9.17, 15) is 9.90 Å². The van der Waals surface area contributed by atoms with Crippen molar-refractivity contribution in [2.24, 2.45) is 17.8 Å². The molecule has 1 heterocycles. The molecule has 3 nitrogen and oxygen atoms in total. The van der Waals surface area contributed by atoms with Gasteiger partial charge < -0.3 is 10.0 Å². The minimum Gasteiger partial charge on any atom is -0.392 e. The monoisotopic (exact) mass is 563 g/mol. The van der Waals surface area contributed by atoms with Gasteiger partial charge in [0.1, 0.15) is 0 Å². The summed E-state index contributed by atoms with van der Waals surface area (Å²) in [5.41, 5.74) is 3.09. The van der Waals surface area contributed by atoms with Crippen LogP contribution in [0.5, 0.6) is 0 Å². The molecule has 36 heavy (non-hydrogen) atoms. The maximum Gasteiger partial charge on any atom is 0.225 e. The molecule has 0 aliphatic carbocycles. The molecule has 0 radical (unpaired) electrons. The first-order valence-electron chi connectivity index (χ1n) is 12.1. The molecule has 0 saturated carbocycles. The van der Waals surface area contributed by atoms with E-state index in [1.54, 1.807) is 12.1 Å². The summed E-state index contributed by atoms with van der Waals surface area (Å²) in [7, 11) is 0. The van der Waals surface area contributed by atoms with Crippen molar-refractivity contribution in [2.45, 2.75) is 32.3 Å². The van der Waals surface area contributed by atoms with Gasteiger partial charge in [0.05, 0.1) is 26.2 Å². The lowest BCUT2D eigenvalue weighted by atomic mass is 9.79. The van der Waals surface area contributed by atoms with Crippen LogP contribution in [-0.2, 0) is 24.1 Å². The Kier molecular flexibility index (Phi) is 9.24. The van der Waals surface area contributed by atoms with E-state index in [4.69, 9.17) is 46.4 Å². The number of hydrogen-bond donors (Lipinski definition) is 1. The van der Waals surface area contributed by atoms with Crippen LogP contribution < -0.4 is 0 Å². The van der Waals surface area contributed by atoms with E-state index >= 15 is 0 Å². The van der Waals surface area contributed by atoms with E-state index in [1.807, 2.05) is 66.4 Å². The van der Waals surface area contributed by atoms with Crippen molar-refractivity contribution in [2.75, 3.05) is 13.1 Å². The Bertz CT molecular complexity index is 1140. The highest BCUT2D eigenvalue weighted by molar-refractivity contribution is 6.42. The van der Waals surface area contributed by atoms with Gasteiger partial charge in [-0.15, -0.1) is 0 Å². The molecule has 7 heteroatoms. The summed E-state index contributed by atoms with van der Waals surface area (Å²) in [4.78, 5) is 15.5. The number of hydrogen-bond acceptors (Lipinski definition) is 2. The van der Waals surface area contributed by atoms with Crippen LogP contribution in [-0.4, -0.2) is 35.1 Å². The Labute approximate surface area is 232 Å². The number of likely N-dealkylation sites (tertiary alicyclic amines) is 1. The van der Waals surface area contributed by atoms with E-state index in [-0.39, 0.29) is 23.7 Å². The van der Waals surface area contributed by atoms with Crippen molar-refractivity contribution in [3.63, 3.8) is 0 Å². The van der Waals surface area contributed by atoms with E-state index in [0.29, 0.717) is 52.4 Å². The van der Waals surface area contributed by atoms with Crippen LogP contribution in [0.15, 0.2) is 66.7 Å². The molecule has 0 aromatic heterocycles. The quantitative estimate of drug-likeness (QED) is 0.325. The smallest absolute Gasteiger partial charge is 0.225 e. The second kappa shape index (κ2) is 12.2. The number of amides is 1. The molecule has 0 spiro atoms. The Balaban J connectivity index is 1.56. The van der Waals surface area contributed by atoms with Gasteiger partial charge in [0, 0.05) is 30.8 Å². The molecule has 3 aromatic rings. The van der Waals surface area contributed by atoms with E-state index in [2.05, 4.69) is 0 Å². The molecule has 1 aliphatic heterocycles. The number of aliphatic hydroxyl groups excluding tert-OH is 1. The summed E-state index contributed by atoms with van der Waals surface area (Å²) in [5, 5.41) is 13.4. The van der Waals surface area contributed by atoms with Gasteiger partial charge in [0.2, 0.25) is 5.91 Å². The van der Waals surface area contributed by atoms with E-state index in [0.717, 1.165) is 16.7 Å². The van der Waals surface area contributed by atoms with Crippen LogP contribution in [0.1, 0.15) is 23.6 Å². The molecule has 1 amide bonds. The van der Waals surface area contributed by atoms with Crippen LogP contribution >= 0.6 is 46.4 Å². The lowest BCUT2D eigenvalue weighted by molar-refractivity contribution is -0.141. The largest absolute Gasteiger partial charge is 0.392 e. The molecule has 190 valence electrons. The standard InChI is InChI=1S/C29H29Cl4NO2/c1-18(11-19-5-3-2-4-6-19)29(36)34-16-22(12-20-7-9-24(30)26(32)14-20)28(35)23(17-34)13-21-8-10-25(31)27(33)15-21/h2-10,14-15,18,22-23,28,35H,11-13,16-17H2,1H3/t18-,22?,23?,28?/m1/s1. The maximum atomic E-state index is 13.6. The van der Waals surface area contributed by atoms with Gasteiger partial charge in [0.15, 0.2) is 0 Å².